The fourth-order valence-electron chi connectivity index (χ4n) is 5.66. The minimum atomic E-state index is -0.256. The Morgan fingerprint density at radius 2 is 1.02 bits per heavy atom. The molecule has 0 atom stereocenters. The van der Waals surface area contributed by atoms with Crippen molar-refractivity contribution in [2.45, 2.75) is 30.4 Å². The molecule has 0 N–H and O–H groups in total. The minimum Gasteiger partial charge on any atom is -0.305 e. The average molecular weight is 563 g/mol. The summed E-state index contributed by atoms with van der Waals surface area (Å²) in [4.78, 5) is 28.8. The number of unbranched alkanes of at least 4 members (excludes halogenated alkanes) is 3. The highest BCUT2D eigenvalue weighted by Crippen LogP contribution is 2.48. The highest BCUT2D eigenvalue weighted by atomic mass is 32.2. The van der Waals surface area contributed by atoms with Crippen LogP contribution in [-0.4, -0.2) is 54.0 Å². The van der Waals surface area contributed by atoms with Gasteiger partial charge in [0.25, 0.3) is 11.8 Å². The van der Waals surface area contributed by atoms with Gasteiger partial charge in [-0.15, -0.1) is 11.8 Å². The van der Waals surface area contributed by atoms with Crippen LogP contribution in [0.3, 0.4) is 0 Å². The van der Waals surface area contributed by atoms with Gasteiger partial charge in [-0.25, -0.2) is 0 Å². The summed E-state index contributed by atoms with van der Waals surface area (Å²) in [5.74, 6) is 0.719. The Kier molecular flexibility index (Phi) is 9.71. The Hall–Kier alpha value is -3.67. The van der Waals surface area contributed by atoms with Crippen LogP contribution in [0.4, 0.5) is 0 Å². The maximum Gasteiger partial charge on any atom is 0.261 e. The second kappa shape index (κ2) is 13.8. The minimum absolute atomic E-state index is 0.172. The van der Waals surface area contributed by atoms with Crippen molar-refractivity contribution in [3.05, 3.63) is 143 Å². The molecule has 41 heavy (non-hydrogen) atoms. The molecule has 0 aromatic heterocycles. The summed E-state index contributed by atoms with van der Waals surface area (Å²) < 4.78 is -0.256. The van der Waals surface area contributed by atoms with Gasteiger partial charge in [-0.05, 0) is 61.0 Å². The molecule has 0 aliphatic carbocycles. The van der Waals surface area contributed by atoms with Gasteiger partial charge in [-0.1, -0.05) is 116 Å². The molecule has 4 aromatic carbocycles. The van der Waals surface area contributed by atoms with Crippen LogP contribution < -0.4 is 0 Å². The summed E-state index contributed by atoms with van der Waals surface area (Å²) in [5, 5.41) is 0. The van der Waals surface area contributed by atoms with Gasteiger partial charge in [0.1, 0.15) is 0 Å². The number of thioether (sulfide) groups is 1. The summed E-state index contributed by atoms with van der Waals surface area (Å²) in [6, 6.07) is 39.7. The lowest BCUT2D eigenvalue weighted by Gasteiger charge is -2.35. The Bertz CT molecular complexity index is 1290. The zero-order valence-electron chi connectivity index (χ0n) is 23.7. The standard InChI is InChI=1S/C36H38N2O2S/c1-37(26-27-38-34(39)32-23-13-14-24-33(32)35(38)40)25-15-2-3-16-28-41-36(29-17-7-4-8-18-29,30-19-9-5-10-20-30)31-21-11-6-12-22-31/h4-14,17-24H,2-3,15-16,25-28H2,1H3. The fraction of sp³-hybridized carbons (Fsp3) is 0.278. The van der Waals surface area contributed by atoms with E-state index in [1.807, 2.05) is 23.9 Å². The van der Waals surface area contributed by atoms with Crippen molar-refractivity contribution in [3.8, 4) is 0 Å². The molecule has 1 aliphatic heterocycles. The largest absolute Gasteiger partial charge is 0.305 e. The molecule has 0 saturated heterocycles. The van der Waals surface area contributed by atoms with Crippen molar-refractivity contribution in [3.63, 3.8) is 0 Å². The van der Waals surface area contributed by atoms with Gasteiger partial charge in [0.15, 0.2) is 0 Å². The zero-order chi connectivity index (χ0) is 28.5. The highest BCUT2D eigenvalue weighted by Gasteiger charge is 2.37. The van der Waals surface area contributed by atoms with Gasteiger partial charge in [-0.3, -0.25) is 14.5 Å². The van der Waals surface area contributed by atoms with Gasteiger partial charge < -0.3 is 4.90 Å². The lowest BCUT2D eigenvalue weighted by molar-refractivity contribution is 0.0641. The van der Waals surface area contributed by atoms with E-state index in [4.69, 9.17) is 0 Å². The van der Waals surface area contributed by atoms with Crippen LogP contribution in [-0.2, 0) is 4.75 Å². The van der Waals surface area contributed by atoms with Crippen molar-refractivity contribution in [2.24, 2.45) is 0 Å². The number of hydrogen-bond donors (Lipinski definition) is 0. The van der Waals surface area contributed by atoms with Crippen LogP contribution in [0.25, 0.3) is 0 Å². The first-order valence-electron chi connectivity index (χ1n) is 14.6. The highest BCUT2D eigenvalue weighted by molar-refractivity contribution is 8.00. The van der Waals surface area contributed by atoms with Crippen molar-refractivity contribution in [2.75, 3.05) is 32.4 Å². The predicted octanol–water partition coefficient (Wildman–Crippen LogP) is 7.50. The van der Waals surface area contributed by atoms with E-state index in [1.54, 1.807) is 12.1 Å². The number of fused-ring (bicyclic) bond motifs is 1. The van der Waals surface area contributed by atoms with Crippen molar-refractivity contribution in [1.29, 1.82) is 0 Å². The van der Waals surface area contributed by atoms with Gasteiger partial charge in [0.2, 0.25) is 0 Å². The van der Waals surface area contributed by atoms with Crippen LogP contribution in [0.2, 0.25) is 0 Å². The quantitative estimate of drug-likeness (QED) is 0.0907. The Balaban J connectivity index is 1.11. The predicted molar refractivity (Wildman–Crippen MR) is 169 cm³/mol. The van der Waals surface area contributed by atoms with E-state index >= 15 is 0 Å². The molecule has 0 unspecified atom stereocenters. The molecule has 2 amide bonds. The molecule has 0 spiro atoms. The normalized spacial score (nSPS) is 13.2. The van der Waals surface area contributed by atoms with Crippen LogP contribution in [0.1, 0.15) is 63.1 Å². The summed E-state index contributed by atoms with van der Waals surface area (Å²) in [7, 11) is 2.07. The number of benzene rings is 4. The molecular formula is C36H38N2O2S. The number of nitrogens with zero attached hydrogens (tertiary/aromatic N) is 2. The molecule has 1 aliphatic rings. The first kappa shape index (κ1) is 28.8. The molecule has 4 nitrogen and oxygen atoms in total. The fourth-order valence-corrected chi connectivity index (χ4v) is 7.22. The van der Waals surface area contributed by atoms with E-state index in [0.29, 0.717) is 24.2 Å². The topological polar surface area (TPSA) is 40.6 Å². The second-order valence-corrected chi connectivity index (χ2v) is 12.0. The summed E-state index contributed by atoms with van der Waals surface area (Å²) in [6.07, 6.45) is 4.59. The number of hydrogen-bond acceptors (Lipinski definition) is 4. The van der Waals surface area contributed by atoms with Gasteiger partial charge >= 0.3 is 0 Å². The van der Waals surface area contributed by atoms with Crippen LogP contribution >= 0.6 is 11.8 Å². The van der Waals surface area contributed by atoms with Crippen LogP contribution in [0.15, 0.2) is 115 Å². The molecule has 1 heterocycles. The lowest BCUT2D eigenvalue weighted by Crippen LogP contribution is -2.37. The molecule has 0 fully saturated rings. The van der Waals surface area contributed by atoms with Gasteiger partial charge in [-0.2, -0.15) is 0 Å². The van der Waals surface area contributed by atoms with E-state index in [9.17, 15) is 9.59 Å². The van der Waals surface area contributed by atoms with E-state index < -0.39 is 0 Å². The van der Waals surface area contributed by atoms with E-state index in [-0.39, 0.29) is 16.6 Å². The average Bonchev–Trinajstić information content (AvgIpc) is 3.27. The van der Waals surface area contributed by atoms with Crippen LogP contribution in [0, 0.1) is 0 Å². The molecule has 5 heteroatoms. The second-order valence-electron chi connectivity index (χ2n) is 10.7. The summed E-state index contributed by atoms with van der Waals surface area (Å²) in [6.45, 7) is 2.08. The van der Waals surface area contributed by atoms with E-state index in [2.05, 4.69) is 103 Å². The summed E-state index contributed by atoms with van der Waals surface area (Å²) >= 11 is 2.03. The van der Waals surface area contributed by atoms with E-state index in [1.165, 1.54) is 28.0 Å². The first-order valence-corrected chi connectivity index (χ1v) is 15.5. The Labute approximate surface area is 248 Å². The molecule has 5 rings (SSSR count). The van der Waals surface area contributed by atoms with Crippen LogP contribution in [0.5, 0.6) is 0 Å². The van der Waals surface area contributed by atoms with Gasteiger partial charge in [0, 0.05) is 13.1 Å². The Morgan fingerprint density at radius 1 is 0.585 bits per heavy atom. The molecule has 4 aromatic rings. The smallest absolute Gasteiger partial charge is 0.261 e. The lowest BCUT2D eigenvalue weighted by atomic mass is 9.84. The van der Waals surface area contributed by atoms with Crippen molar-refractivity contribution >= 4 is 23.6 Å². The molecule has 0 bridgehead atoms. The first-order chi connectivity index (χ1) is 20.1. The third-order valence-electron chi connectivity index (χ3n) is 7.88. The maximum absolute atomic E-state index is 12.6. The van der Waals surface area contributed by atoms with Crippen molar-refractivity contribution < 1.29 is 9.59 Å². The third-order valence-corrected chi connectivity index (χ3v) is 9.51. The zero-order valence-corrected chi connectivity index (χ0v) is 24.6. The summed E-state index contributed by atoms with van der Waals surface area (Å²) in [5.41, 5.74) is 4.97. The molecule has 0 saturated carbocycles. The van der Waals surface area contributed by atoms with E-state index in [0.717, 1.165) is 31.6 Å². The number of imide groups is 1. The third kappa shape index (κ3) is 6.47. The number of likely N-dealkylation sites (N-methyl/N-ethyl adjacent to an activating group) is 1. The van der Waals surface area contributed by atoms with Gasteiger partial charge in [0.05, 0.1) is 15.9 Å². The Morgan fingerprint density at radius 3 is 1.51 bits per heavy atom. The number of carbonyl (C=O) groups is 2. The number of carbonyl (C=O) groups excluding carboxylic acids is 2. The molecular weight excluding hydrogens is 524 g/mol. The maximum atomic E-state index is 12.6. The number of amides is 2. The number of rotatable bonds is 14. The monoisotopic (exact) mass is 562 g/mol. The SMILES string of the molecule is CN(CCCCCCSC(c1ccccc1)(c1ccccc1)c1ccccc1)CCN1C(=O)c2ccccc2C1=O. The molecule has 210 valence electrons. The molecule has 0 radical (unpaired) electrons. The van der Waals surface area contributed by atoms with Crippen molar-refractivity contribution in [1.82, 2.24) is 9.80 Å².